The molecule has 1 aromatic rings. The van der Waals surface area contributed by atoms with Gasteiger partial charge in [0.05, 0.1) is 28.9 Å². The number of hydrogen-bond donors (Lipinski definition) is 1. The fourth-order valence-electron chi connectivity index (χ4n) is 1.24. The first kappa shape index (κ1) is 14.1. The van der Waals surface area contributed by atoms with Gasteiger partial charge in [0.2, 0.25) is 0 Å². The van der Waals surface area contributed by atoms with Crippen molar-refractivity contribution in [2.75, 3.05) is 18.5 Å². The molecule has 4 nitrogen and oxygen atoms in total. The molecule has 0 aliphatic rings. The highest BCUT2D eigenvalue weighted by Gasteiger charge is 2.00. The third kappa shape index (κ3) is 4.48. The zero-order chi connectivity index (χ0) is 13.4. The Morgan fingerprint density at radius 1 is 1.61 bits per heavy atom. The van der Waals surface area contributed by atoms with Gasteiger partial charge in [-0.25, -0.2) is 4.79 Å². The average molecular weight is 265 g/mol. The lowest BCUT2D eigenvalue weighted by Gasteiger charge is -2.05. The standard InChI is InChI=1S/C13H13ClN2O2/c1-2-18-13(17)4-3-7-16-12-8-10(9-15)5-6-11(12)14/h3-6,8,16H,2,7H2,1H3/b4-3+. The quantitative estimate of drug-likeness (QED) is 0.656. The van der Waals surface area contributed by atoms with E-state index >= 15 is 0 Å². The maximum Gasteiger partial charge on any atom is 0.330 e. The minimum Gasteiger partial charge on any atom is -0.463 e. The van der Waals surface area contributed by atoms with Crippen LogP contribution < -0.4 is 5.32 Å². The molecule has 0 bridgehead atoms. The lowest BCUT2D eigenvalue weighted by atomic mass is 10.2. The number of anilines is 1. The predicted molar refractivity (Wildman–Crippen MR) is 70.4 cm³/mol. The first-order valence-electron chi connectivity index (χ1n) is 5.44. The van der Waals surface area contributed by atoms with Crippen LogP contribution in [0.5, 0.6) is 0 Å². The van der Waals surface area contributed by atoms with Crippen molar-refractivity contribution in [1.29, 1.82) is 5.26 Å². The second kappa shape index (κ2) is 7.36. The number of esters is 1. The van der Waals surface area contributed by atoms with Crippen molar-refractivity contribution in [3.8, 4) is 6.07 Å². The zero-order valence-electron chi connectivity index (χ0n) is 9.94. The molecule has 94 valence electrons. The summed E-state index contributed by atoms with van der Waals surface area (Å²) in [6.07, 6.45) is 2.98. The topological polar surface area (TPSA) is 62.1 Å². The van der Waals surface area contributed by atoms with E-state index in [2.05, 4.69) is 5.32 Å². The number of ether oxygens (including phenoxy) is 1. The summed E-state index contributed by atoms with van der Waals surface area (Å²) >= 11 is 5.96. The number of hydrogen-bond acceptors (Lipinski definition) is 4. The molecule has 0 saturated carbocycles. The van der Waals surface area contributed by atoms with Crippen LogP contribution in [0, 0.1) is 11.3 Å². The summed E-state index contributed by atoms with van der Waals surface area (Å²) in [5, 5.41) is 12.3. The van der Waals surface area contributed by atoms with Gasteiger partial charge in [0.1, 0.15) is 0 Å². The largest absolute Gasteiger partial charge is 0.463 e. The molecule has 5 heteroatoms. The maximum atomic E-state index is 11.0. The van der Waals surface area contributed by atoms with E-state index in [0.29, 0.717) is 29.4 Å². The van der Waals surface area contributed by atoms with Crippen LogP contribution in [0.2, 0.25) is 5.02 Å². The summed E-state index contributed by atoms with van der Waals surface area (Å²) in [6, 6.07) is 6.97. The van der Waals surface area contributed by atoms with E-state index < -0.39 is 0 Å². The molecule has 1 N–H and O–H groups in total. The summed E-state index contributed by atoms with van der Waals surface area (Å²) in [7, 11) is 0. The lowest BCUT2D eigenvalue weighted by molar-refractivity contribution is -0.137. The highest BCUT2D eigenvalue weighted by atomic mass is 35.5. The third-order valence-electron chi connectivity index (χ3n) is 2.05. The van der Waals surface area contributed by atoms with Gasteiger partial charge in [-0.05, 0) is 25.1 Å². The Morgan fingerprint density at radius 2 is 2.39 bits per heavy atom. The second-order valence-corrected chi connectivity index (χ2v) is 3.75. The van der Waals surface area contributed by atoms with Gasteiger partial charge < -0.3 is 10.1 Å². The second-order valence-electron chi connectivity index (χ2n) is 3.34. The molecule has 1 aromatic carbocycles. The van der Waals surface area contributed by atoms with E-state index in [0.717, 1.165) is 0 Å². The van der Waals surface area contributed by atoms with Crippen LogP contribution in [0.4, 0.5) is 5.69 Å². The van der Waals surface area contributed by atoms with Gasteiger partial charge in [-0.2, -0.15) is 5.26 Å². The number of rotatable bonds is 5. The van der Waals surface area contributed by atoms with Crippen molar-refractivity contribution in [2.45, 2.75) is 6.92 Å². The molecule has 0 aliphatic heterocycles. The Bertz CT molecular complexity index is 492. The lowest BCUT2D eigenvalue weighted by Crippen LogP contribution is -2.03. The molecule has 18 heavy (non-hydrogen) atoms. The minimum atomic E-state index is -0.379. The van der Waals surface area contributed by atoms with Crippen LogP contribution in [0.1, 0.15) is 12.5 Å². The van der Waals surface area contributed by atoms with Crippen molar-refractivity contribution in [2.24, 2.45) is 0 Å². The number of nitriles is 1. The number of halogens is 1. The molecule has 0 unspecified atom stereocenters. The number of benzene rings is 1. The predicted octanol–water partition coefficient (Wildman–Crippen LogP) is 2.74. The third-order valence-corrected chi connectivity index (χ3v) is 2.38. The van der Waals surface area contributed by atoms with Crippen LogP contribution in [0.25, 0.3) is 0 Å². The number of carbonyl (C=O) groups is 1. The molecular weight excluding hydrogens is 252 g/mol. The van der Waals surface area contributed by atoms with E-state index in [4.69, 9.17) is 21.6 Å². The van der Waals surface area contributed by atoms with E-state index in [1.165, 1.54) is 6.08 Å². The van der Waals surface area contributed by atoms with Crippen molar-refractivity contribution < 1.29 is 9.53 Å². The fourth-order valence-corrected chi connectivity index (χ4v) is 1.43. The Hall–Kier alpha value is -1.99. The molecule has 0 fully saturated rings. The van der Waals surface area contributed by atoms with Gasteiger partial charge in [-0.1, -0.05) is 17.7 Å². The number of carbonyl (C=O) groups excluding carboxylic acids is 1. The maximum absolute atomic E-state index is 11.0. The van der Waals surface area contributed by atoms with E-state index in [1.54, 1.807) is 31.2 Å². The molecule has 0 amide bonds. The highest BCUT2D eigenvalue weighted by molar-refractivity contribution is 6.33. The van der Waals surface area contributed by atoms with Gasteiger partial charge in [-0.3, -0.25) is 0 Å². The van der Waals surface area contributed by atoms with Gasteiger partial charge in [0.15, 0.2) is 0 Å². The first-order chi connectivity index (χ1) is 8.67. The van der Waals surface area contributed by atoms with Gasteiger partial charge in [-0.15, -0.1) is 0 Å². The summed E-state index contributed by atoms with van der Waals surface area (Å²) in [4.78, 5) is 11.0. The highest BCUT2D eigenvalue weighted by Crippen LogP contribution is 2.22. The number of nitrogens with one attached hydrogen (secondary N) is 1. The molecule has 0 atom stereocenters. The first-order valence-corrected chi connectivity index (χ1v) is 5.82. The normalized spacial score (nSPS) is 10.1. The van der Waals surface area contributed by atoms with Gasteiger partial charge in [0.25, 0.3) is 0 Å². The average Bonchev–Trinajstić information content (AvgIpc) is 2.37. The fraction of sp³-hybridized carbons (Fsp3) is 0.231. The van der Waals surface area contributed by atoms with E-state index in [9.17, 15) is 4.79 Å². The monoisotopic (exact) mass is 264 g/mol. The summed E-state index contributed by atoms with van der Waals surface area (Å²) in [5.74, 6) is -0.379. The van der Waals surface area contributed by atoms with Crippen LogP contribution >= 0.6 is 11.6 Å². The van der Waals surface area contributed by atoms with Crippen LogP contribution in [-0.4, -0.2) is 19.1 Å². The van der Waals surface area contributed by atoms with Crippen molar-refractivity contribution in [3.05, 3.63) is 40.9 Å². The molecular formula is C13H13ClN2O2. The van der Waals surface area contributed by atoms with Gasteiger partial charge >= 0.3 is 5.97 Å². The molecule has 0 radical (unpaired) electrons. The summed E-state index contributed by atoms with van der Waals surface area (Å²) in [5.41, 5.74) is 1.18. The van der Waals surface area contributed by atoms with Crippen molar-refractivity contribution in [3.63, 3.8) is 0 Å². The summed E-state index contributed by atoms with van der Waals surface area (Å²) in [6.45, 7) is 2.53. The molecule has 0 saturated heterocycles. The SMILES string of the molecule is CCOC(=O)/C=C/CNc1cc(C#N)ccc1Cl. The molecule has 0 heterocycles. The van der Waals surface area contributed by atoms with E-state index in [-0.39, 0.29) is 5.97 Å². The Labute approximate surface area is 111 Å². The van der Waals surface area contributed by atoms with Crippen molar-refractivity contribution >= 4 is 23.3 Å². The van der Waals surface area contributed by atoms with Crippen LogP contribution in [0.3, 0.4) is 0 Å². The molecule has 0 spiro atoms. The minimum absolute atomic E-state index is 0.354. The van der Waals surface area contributed by atoms with Crippen molar-refractivity contribution in [1.82, 2.24) is 0 Å². The summed E-state index contributed by atoms with van der Waals surface area (Å²) < 4.78 is 4.73. The number of nitrogens with zero attached hydrogens (tertiary/aromatic N) is 1. The Morgan fingerprint density at radius 3 is 3.06 bits per heavy atom. The van der Waals surface area contributed by atoms with Crippen LogP contribution in [0.15, 0.2) is 30.4 Å². The zero-order valence-corrected chi connectivity index (χ0v) is 10.7. The van der Waals surface area contributed by atoms with Crippen LogP contribution in [-0.2, 0) is 9.53 Å². The molecule has 0 aliphatic carbocycles. The van der Waals surface area contributed by atoms with E-state index in [1.807, 2.05) is 6.07 Å². The van der Waals surface area contributed by atoms with Gasteiger partial charge in [0, 0.05) is 12.6 Å². The smallest absolute Gasteiger partial charge is 0.330 e. The Balaban J connectivity index is 2.54. The molecule has 0 aromatic heterocycles. The molecule has 1 rings (SSSR count). The Kier molecular flexibility index (Phi) is 5.75.